The zero-order valence-corrected chi connectivity index (χ0v) is 12.1. The van der Waals surface area contributed by atoms with Gasteiger partial charge in [0.15, 0.2) is 9.84 Å². The van der Waals surface area contributed by atoms with Crippen molar-refractivity contribution in [3.8, 4) is 0 Å². The zero-order valence-electron chi connectivity index (χ0n) is 11.3. The normalized spacial score (nSPS) is 22.3. The molecule has 0 radical (unpaired) electrons. The van der Waals surface area contributed by atoms with Gasteiger partial charge in [0.25, 0.3) is 0 Å². The van der Waals surface area contributed by atoms with Crippen molar-refractivity contribution in [2.45, 2.75) is 32.0 Å². The van der Waals surface area contributed by atoms with Crippen LogP contribution < -0.4 is 5.32 Å². The van der Waals surface area contributed by atoms with Gasteiger partial charge in [-0.2, -0.15) is 0 Å². The van der Waals surface area contributed by atoms with Gasteiger partial charge in [-0.05, 0) is 24.0 Å². The number of nitrogens with one attached hydrogen (secondary N) is 1. The molecule has 19 heavy (non-hydrogen) atoms. The molecule has 1 fully saturated rings. The number of benzene rings is 1. The fourth-order valence-electron chi connectivity index (χ4n) is 2.44. The van der Waals surface area contributed by atoms with Crippen LogP contribution >= 0.6 is 0 Å². The molecule has 1 saturated heterocycles. The van der Waals surface area contributed by atoms with Crippen LogP contribution in [0.2, 0.25) is 0 Å². The van der Waals surface area contributed by atoms with Gasteiger partial charge in [-0.1, -0.05) is 24.3 Å². The Hall–Kier alpha value is -0.910. The lowest BCUT2D eigenvalue weighted by molar-refractivity contribution is 0.185. The third-order valence-corrected chi connectivity index (χ3v) is 5.18. The van der Waals surface area contributed by atoms with Crippen LogP contribution in [0, 0.1) is 0 Å². The first-order valence-electron chi connectivity index (χ1n) is 6.59. The van der Waals surface area contributed by atoms with Crippen molar-refractivity contribution < 1.29 is 13.2 Å². The van der Waals surface area contributed by atoms with E-state index < -0.39 is 9.84 Å². The van der Waals surface area contributed by atoms with Crippen molar-refractivity contribution in [3.63, 3.8) is 0 Å². The van der Waals surface area contributed by atoms with Crippen molar-refractivity contribution in [1.29, 1.82) is 0 Å². The summed E-state index contributed by atoms with van der Waals surface area (Å²) in [5.41, 5.74) is 2.30. The van der Waals surface area contributed by atoms with E-state index in [2.05, 4.69) is 11.4 Å². The van der Waals surface area contributed by atoms with E-state index in [4.69, 9.17) is 4.74 Å². The second kappa shape index (κ2) is 6.50. The van der Waals surface area contributed by atoms with Gasteiger partial charge in [-0.3, -0.25) is 0 Å². The molecule has 0 spiro atoms. The first kappa shape index (κ1) is 14.5. The lowest BCUT2D eigenvalue weighted by Gasteiger charge is -2.23. The zero-order chi connectivity index (χ0) is 13.7. The van der Waals surface area contributed by atoms with Gasteiger partial charge < -0.3 is 10.1 Å². The van der Waals surface area contributed by atoms with Gasteiger partial charge >= 0.3 is 0 Å². The first-order valence-corrected chi connectivity index (χ1v) is 8.42. The molecule has 1 heterocycles. The van der Waals surface area contributed by atoms with E-state index in [1.807, 2.05) is 18.2 Å². The summed E-state index contributed by atoms with van der Waals surface area (Å²) >= 11 is 0. The summed E-state index contributed by atoms with van der Waals surface area (Å²) in [5.74, 6) is 0.610. The predicted molar refractivity (Wildman–Crippen MR) is 75.7 cm³/mol. The third kappa shape index (κ3) is 4.60. The van der Waals surface area contributed by atoms with Gasteiger partial charge in [-0.15, -0.1) is 0 Å². The van der Waals surface area contributed by atoms with E-state index >= 15 is 0 Å². The summed E-state index contributed by atoms with van der Waals surface area (Å²) in [5, 5.41) is 3.34. The number of rotatable bonds is 5. The molecular weight excluding hydrogens is 262 g/mol. The second-order valence-electron chi connectivity index (χ2n) is 5.09. The Balaban J connectivity index is 1.89. The van der Waals surface area contributed by atoms with E-state index in [-0.39, 0.29) is 11.8 Å². The summed E-state index contributed by atoms with van der Waals surface area (Å²) in [7, 11) is -1.16. The van der Waals surface area contributed by atoms with Gasteiger partial charge in [0, 0.05) is 19.7 Å². The molecule has 2 rings (SSSR count). The monoisotopic (exact) mass is 283 g/mol. The van der Waals surface area contributed by atoms with E-state index in [0.29, 0.717) is 18.9 Å². The highest BCUT2D eigenvalue weighted by molar-refractivity contribution is 7.91. The van der Waals surface area contributed by atoms with Crippen molar-refractivity contribution in [2.75, 3.05) is 18.6 Å². The van der Waals surface area contributed by atoms with Crippen molar-refractivity contribution in [3.05, 3.63) is 35.4 Å². The van der Waals surface area contributed by atoms with E-state index in [1.165, 1.54) is 0 Å². The Morgan fingerprint density at radius 2 is 2.16 bits per heavy atom. The Morgan fingerprint density at radius 1 is 1.37 bits per heavy atom. The molecule has 5 heteroatoms. The Kier molecular flexibility index (Phi) is 4.96. The SMILES string of the molecule is COCc1cccc(CNC2CCCS(=O)(=O)C2)c1. The minimum Gasteiger partial charge on any atom is -0.380 e. The molecule has 0 aliphatic carbocycles. The summed E-state index contributed by atoms with van der Waals surface area (Å²) < 4.78 is 28.2. The number of ether oxygens (including phenoxy) is 1. The summed E-state index contributed by atoms with van der Waals surface area (Å²) in [4.78, 5) is 0. The average Bonchev–Trinajstić information content (AvgIpc) is 2.36. The van der Waals surface area contributed by atoms with E-state index in [9.17, 15) is 8.42 Å². The van der Waals surface area contributed by atoms with Crippen molar-refractivity contribution in [2.24, 2.45) is 0 Å². The van der Waals surface area contributed by atoms with Crippen LogP contribution in [0.25, 0.3) is 0 Å². The summed E-state index contributed by atoms with van der Waals surface area (Å²) in [6.07, 6.45) is 1.71. The molecule has 106 valence electrons. The highest BCUT2D eigenvalue weighted by Crippen LogP contribution is 2.13. The highest BCUT2D eigenvalue weighted by Gasteiger charge is 2.23. The largest absolute Gasteiger partial charge is 0.380 e. The van der Waals surface area contributed by atoms with Crippen LogP contribution in [0.3, 0.4) is 0 Å². The second-order valence-corrected chi connectivity index (χ2v) is 7.32. The quantitative estimate of drug-likeness (QED) is 0.890. The minimum absolute atomic E-state index is 0.0878. The minimum atomic E-state index is -2.84. The predicted octanol–water partition coefficient (Wildman–Crippen LogP) is 1.50. The maximum atomic E-state index is 11.6. The molecular formula is C14H21NO3S. The maximum Gasteiger partial charge on any atom is 0.151 e. The lowest BCUT2D eigenvalue weighted by Crippen LogP contribution is -2.39. The Labute approximate surface area is 115 Å². The van der Waals surface area contributed by atoms with Crippen LogP contribution in [0.5, 0.6) is 0 Å². The number of hydrogen-bond donors (Lipinski definition) is 1. The molecule has 1 aromatic carbocycles. The Bertz CT molecular complexity index is 513. The molecule has 0 amide bonds. The molecule has 4 nitrogen and oxygen atoms in total. The standard InChI is InChI=1S/C14H21NO3S/c1-18-10-13-5-2-4-12(8-13)9-15-14-6-3-7-19(16,17)11-14/h2,4-5,8,14-15H,3,6-7,9-11H2,1H3. The molecule has 1 unspecified atom stereocenters. The highest BCUT2D eigenvalue weighted by atomic mass is 32.2. The smallest absolute Gasteiger partial charge is 0.151 e. The van der Waals surface area contributed by atoms with E-state index in [1.54, 1.807) is 7.11 Å². The molecule has 0 bridgehead atoms. The van der Waals surface area contributed by atoms with Crippen molar-refractivity contribution in [1.82, 2.24) is 5.32 Å². The fraction of sp³-hybridized carbons (Fsp3) is 0.571. The first-order chi connectivity index (χ1) is 9.09. The molecule has 0 aromatic heterocycles. The van der Waals surface area contributed by atoms with E-state index in [0.717, 1.165) is 24.0 Å². The van der Waals surface area contributed by atoms with Gasteiger partial charge in [0.2, 0.25) is 0 Å². The van der Waals surface area contributed by atoms with Crippen LogP contribution in [0.1, 0.15) is 24.0 Å². The van der Waals surface area contributed by atoms with Gasteiger partial charge in [-0.25, -0.2) is 8.42 Å². The summed E-state index contributed by atoms with van der Waals surface area (Å²) in [6.45, 7) is 1.31. The summed E-state index contributed by atoms with van der Waals surface area (Å²) in [6, 6.07) is 8.25. The Morgan fingerprint density at radius 3 is 2.89 bits per heavy atom. The topological polar surface area (TPSA) is 55.4 Å². The third-order valence-electron chi connectivity index (χ3n) is 3.36. The lowest BCUT2D eigenvalue weighted by atomic mass is 10.1. The molecule has 1 aliphatic rings. The van der Waals surface area contributed by atoms with Crippen LogP contribution in [-0.2, 0) is 27.7 Å². The van der Waals surface area contributed by atoms with Crippen molar-refractivity contribution >= 4 is 9.84 Å². The molecule has 1 atom stereocenters. The number of methoxy groups -OCH3 is 1. The molecule has 0 saturated carbocycles. The van der Waals surface area contributed by atoms with Crippen LogP contribution in [0.15, 0.2) is 24.3 Å². The average molecular weight is 283 g/mol. The fourth-order valence-corrected chi connectivity index (χ4v) is 4.11. The van der Waals surface area contributed by atoms with Crippen LogP contribution in [-0.4, -0.2) is 33.1 Å². The molecule has 1 aliphatic heterocycles. The van der Waals surface area contributed by atoms with Gasteiger partial charge in [0.1, 0.15) is 0 Å². The van der Waals surface area contributed by atoms with Gasteiger partial charge in [0.05, 0.1) is 18.1 Å². The molecule has 1 N–H and O–H groups in total. The number of sulfone groups is 1. The maximum absolute atomic E-state index is 11.6. The molecule has 1 aromatic rings. The number of hydrogen-bond acceptors (Lipinski definition) is 4. The van der Waals surface area contributed by atoms with Crippen LogP contribution in [0.4, 0.5) is 0 Å².